The first kappa shape index (κ1) is 9.66. The van der Waals surface area contributed by atoms with Crippen molar-refractivity contribution in [3.05, 3.63) is 11.1 Å². The fourth-order valence-corrected chi connectivity index (χ4v) is 1.37. The number of hydrogen-bond donors (Lipinski definition) is 1. The second-order valence-electron chi connectivity index (χ2n) is 2.21. The van der Waals surface area contributed by atoms with Gasteiger partial charge in [0.1, 0.15) is 5.69 Å². The molecule has 0 aliphatic rings. The number of aromatic nitrogens is 1. The summed E-state index contributed by atoms with van der Waals surface area (Å²) in [6, 6.07) is 0. The van der Waals surface area contributed by atoms with Gasteiger partial charge < -0.3 is 4.74 Å². The van der Waals surface area contributed by atoms with E-state index in [9.17, 15) is 9.59 Å². The van der Waals surface area contributed by atoms with Crippen LogP contribution in [0.5, 0.6) is 0 Å². The van der Waals surface area contributed by atoms with Crippen molar-refractivity contribution < 1.29 is 14.3 Å². The predicted octanol–water partition coefficient (Wildman–Crippen LogP) is 1.52. The third-order valence-corrected chi connectivity index (χ3v) is 2.02. The molecule has 70 valence electrons. The maximum absolute atomic E-state index is 10.8. The van der Waals surface area contributed by atoms with Gasteiger partial charge in [-0.05, 0) is 0 Å². The Balaban J connectivity index is 2.69. The molecule has 0 atom stereocenters. The van der Waals surface area contributed by atoms with Gasteiger partial charge in [0.2, 0.25) is 0 Å². The number of anilines is 1. The van der Waals surface area contributed by atoms with Crippen LogP contribution in [0.15, 0.2) is 5.38 Å². The van der Waals surface area contributed by atoms with E-state index in [-0.39, 0.29) is 5.78 Å². The predicted molar refractivity (Wildman–Crippen MR) is 48.1 cm³/mol. The summed E-state index contributed by atoms with van der Waals surface area (Å²) in [6.07, 6.45) is -0.593. The minimum absolute atomic E-state index is 0.130. The quantitative estimate of drug-likeness (QED) is 0.735. The zero-order valence-corrected chi connectivity index (χ0v) is 7.97. The summed E-state index contributed by atoms with van der Waals surface area (Å²) in [5, 5.41) is 4.30. The summed E-state index contributed by atoms with van der Waals surface area (Å²) in [6.45, 7) is 1.41. The van der Waals surface area contributed by atoms with Crippen molar-refractivity contribution in [1.82, 2.24) is 4.98 Å². The number of thiazole rings is 1. The molecule has 1 aromatic heterocycles. The summed E-state index contributed by atoms with van der Waals surface area (Å²) >= 11 is 1.18. The highest BCUT2D eigenvalue weighted by Crippen LogP contribution is 2.15. The van der Waals surface area contributed by atoms with E-state index in [0.29, 0.717) is 10.8 Å². The van der Waals surface area contributed by atoms with Crippen molar-refractivity contribution in [2.45, 2.75) is 6.92 Å². The molecule has 1 heterocycles. The number of nitrogens with zero attached hydrogens (tertiary/aromatic N) is 1. The average molecular weight is 200 g/mol. The van der Waals surface area contributed by atoms with E-state index in [1.807, 2.05) is 0 Å². The lowest BCUT2D eigenvalue weighted by Gasteiger charge is -1.96. The van der Waals surface area contributed by atoms with E-state index in [4.69, 9.17) is 0 Å². The molecular formula is C7H8N2O3S. The lowest BCUT2D eigenvalue weighted by Crippen LogP contribution is -2.10. The molecular weight excluding hydrogens is 192 g/mol. The lowest BCUT2D eigenvalue weighted by atomic mass is 10.4. The molecule has 1 rings (SSSR count). The van der Waals surface area contributed by atoms with E-state index in [1.54, 1.807) is 5.38 Å². The molecule has 1 aromatic rings. The Labute approximate surface area is 78.7 Å². The largest absolute Gasteiger partial charge is 0.453 e. The first-order chi connectivity index (χ1) is 6.13. The van der Waals surface area contributed by atoms with Gasteiger partial charge in [-0.3, -0.25) is 10.1 Å². The zero-order valence-electron chi connectivity index (χ0n) is 7.16. The SMILES string of the molecule is COC(=O)Nc1nc(C(C)=O)cs1. The summed E-state index contributed by atoms with van der Waals surface area (Å²) in [7, 11) is 1.26. The number of amides is 1. The Morgan fingerprint density at radius 1 is 1.62 bits per heavy atom. The topological polar surface area (TPSA) is 68.3 Å². The molecule has 0 aromatic carbocycles. The average Bonchev–Trinajstić information content (AvgIpc) is 2.52. The molecule has 0 saturated carbocycles. The molecule has 13 heavy (non-hydrogen) atoms. The number of methoxy groups -OCH3 is 1. The van der Waals surface area contributed by atoms with Crippen LogP contribution in [0.3, 0.4) is 0 Å². The standard InChI is InChI=1S/C7H8N2O3S/c1-4(10)5-3-13-6(8-5)9-7(11)12-2/h3H,1-2H3,(H,8,9,11). The normalized spacial score (nSPS) is 9.38. The van der Waals surface area contributed by atoms with E-state index < -0.39 is 6.09 Å². The fourth-order valence-electron chi connectivity index (χ4n) is 0.631. The van der Waals surface area contributed by atoms with E-state index in [0.717, 1.165) is 0 Å². The van der Waals surface area contributed by atoms with Crippen LogP contribution in [-0.4, -0.2) is 24.0 Å². The van der Waals surface area contributed by atoms with E-state index >= 15 is 0 Å². The molecule has 0 saturated heterocycles. The molecule has 0 bridgehead atoms. The summed E-state index contributed by atoms with van der Waals surface area (Å²) in [5.74, 6) is -0.130. The van der Waals surface area contributed by atoms with Gasteiger partial charge in [-0.1, -0.05) is 0 Å². The van der Waals surface area contributed by atoms with Gasteiger partial charge in [-0.2, -0.15) is 0 Å². The number of carbonyl (C=O) groups is 2. The number of Topliss-reactive ketones (excluding diaryl/α,β-unsaturated/α-hetero) is 1. The molecule has 0 fully saturated rings. The van der Waals surface area contributed by atoms with Crippen molar-refractivity contribution in [2.75, 3.05) is 12.4 Å². The van der Waals surface area contributed by atoms with Crippen LogP contribution in [0.1, 0.15) is 17.4 Å². The van der Waals surface area contributed by atoms with Crippen LogP contribution in [0.25, 0.3) is 0 Å². The van der Waals surface area contributed by atoms with Crippen LogP contribution in [0.4, 0.5) is 9.93 Å². The van der Waals surface area contributed by atoms with Gasteiger partial charge in [0.25, 0.3) is 0 Å². The van der Waals surface area contributed by atoms with Gasteiger partial charge in [0.15, 0.2) is 10.9 Å². The van der Waals surface area contributed by atoms with Gasteiger partial charge in [-0.25, -0.2) is 9.78 Å². The Morgan fingerprint density at radius 3 is 2.77 bits per heavy atom. The van der Waals surface area contributed by atoms with Crippen molar-refractivity contribution in [2.24, 2.45) is 0 Å². The molecule has 1 N–H and O–H groups in total. The van der Waals surface area contributed by atoms with Gasteiger partial charge in [0, 0.05) is 12.3 Å². The molecule has 0 spiro atoms. The smallest absolute Gasteiger partial charge is 0.413 e. The molecule has 6 heteroatoms. The maximum Gasteiger partial charge on any atom is 0.413 e. The van der Waals surface area contributed by atoms with Crippen molar-refractivity contribution >= 4 is 28.3 Å². The fraction of sp³-hybridized carbons (Fsp3) is 0.286. The number of ketones is 1. The number of rotatable bonds is 2. The third kappa shape index (κ3) is 2.51. The molecule has 5 nitrogen and oxygen atoms in total. The Morgan fingerprint density at radius 2 is 2.31 bits per heavy atom. The van der Waals surface area contributed by atoms with E-state index in [1.165, 1.54) is 25.4 Å². The summed E-state index contributed by atoms with van der Waals surface area (Å²) in [4.78, 5) is 25.4. The Bertz CT molecular complexity index is 334. The van der Waals surface area contributed by atoms with Crippen molar-refractivity contribution in [3.8, 4) is 0 Å². The second-order valence-corrected chi connectivity index (χ2v) is 3.07. The highest BCUT2D eigenvalue weighted by molar-refractivity contribution is 7.14. The van der Waals surface area contributed by atoms with E-state index in [2.05, 4.69) is 15.0 Å². The molecule has 0 aliphatic carbocycles. The lowest BCUT2D eigenvalue weighted by molar-refractivity contribution is 0.101. The first-order valence-electron chi connectivity index (χ1n) is 3.45. The van der Waals surface area contributed by atoms with Crippen LogP contribution in [0.2, 0.25) is 0 Å². The third-order valence-electron chi connectivity index (χ3n) is 1.26. The highest BCUT2D eigenvalue weighted by atomic mass is 32.1. The van der Waals surface area contributed by atoms with Gasteiger partial charge in [0.05, 0.1) is 7.11 Å². The number of nitrogens with one attached hydrogen (secondary N) is 1. The minimum atomic E-state index is -0.593. The van der Waals surface area contributed by atoms with Gasteiger partial charge in [-0.15, -0.1) is 11.3 Å². The number of carbonyl (C=O) groups excluding carboxylic acids is 2. The molecule has 1 amide bonds. The number of hydrogen-bond acceptors (Lipinski definition) is 5. The van der Waals surface area contributed by atoms with Crippen LogP contribution in [-0.2, 0) is 4.74 Å². The van der Waals surface area contributed by atoms with Crippen LogP contribution < -0.4 is 5.32 Å². The zero-order chi connectivity index (χ0) is 9.84. The maximum atomic E-state index is 10.8. The first-order valence-corrected chi connectivity index (χ1v) is 4.33. The minimum Gasteiger partial charge on any atom is -0.453 e. The monoisotopic (exact) mass is 200 g/mol. The van der Waals surface area contributed by atoms with Crippen molar-refractivity contribution in [1.29, 1.82) is 0 Å². The highest BCUT2D eigenvalue weighted by Gasteiger charge is 2.08. The van der Waals surface area contributed by atoms with Crippen molar-refractivity contribution in [3.63, 3.8) is 0 Å². The molecule has 0 aliphatic heterocycles. The van der Waals surface area contributed by atoms with Crippen LogP contribution in [0, 0.1) is 0 Å². The van der Waals surface area contributed by atoms with Gasteiger partial charge >= 0.3 is 6.09 Å². The Kier molecular flexibility index (Phi) is 2.97. The Hall–Kier alpha value is -1.43. The summed E-state index contributed by atoms with van der Waals surface area (Å²) in [5.41, 5.74) is 0.344. The second kappa shape index (κ2) is 3.99. The number of ether oxygens (including phenoxy) is 1. The summed E-state index contributed by atoms with van der Waals surface area (Å²) < 4.78 is 4.36. The molecule has 0 unspecified atom stereocenters. The van der Waals surface area contributed by atoms with Crippen LogP contribution >= 0.6 is 11.3 Å². The molecule has 0 radical (unpaired) electrons.